The van der Waals surface area contributed by atoms with E-state index in [4.69, 9.17) is 12.2 Å². The van der Waals surface area contributed by atoms with Crippen LogP contribution in [0.1, 0.15) is 16.7 Å². The van der Waals surface area contributed by atoms with Gasteiger partial charge in [-0.15, -0.1) is 0 Å². The van der Waals surface area contributed by atoms with Gasteiger partial charge in [-0.05, 0) is 67.5 Å². The van der Waals surface area contributed by atoms with Gasteiger partial charge in [0.25, 0.3) is 10.0 Å². The van der Waals surface area contributed by atoms with E-state index in [1.165, 1.54) is 12.1 Å². The second kappa shape index (κ2) is 9.72. The fourth-order valence-corrected chi connectivity index (χ4v) is 4.33. The Morgan fingerprint density at radius 1 is 0.935 bits per heavy atom. The minimum Gasteiger partial charge on any atom is -0.332 e. The van der Waals surface area contributed by atoms with E-state index in [0.29, 0.717) is 11.4 Å². The molecule has 0 aliphatic carbocycles. The molecule has 3 rings (SSSR count). The normalized spacial score (nSPS) is 10.9. The molecule has 0 bridgehead atoms. The van der Waals surface area contributed by atoms with Gasteiger partial charge in [0.1, 0.15) is 0 Å². The predicted molar refractivity (Wildman–Crippen MR) is 128 cm³/mol. The first-order chi connectivity index (χ1) is 14.7. The van der Waals surface area contributed by atoms with Crippen LogP contribution in [-0.2, 0) is 21.2 Å². The number of carbonyl (C=O) groups is 1. The lowest BCUT2D eigenvalue weighted by atomic mass is 10.1. The molecule has 0 saturated carbocycles. The highest BCUT2D eigenvalue weighted by molar-refractivity contribution is 7.92. The maximum absolute atomic E-state index is 12.7. The second-order valence-corrected chi connectivity index (χ2v) is 9.20. The molecule has 3 N–H and O–H groups in total. The van der Waals surface area contributed by atoms with Crippen molar-refractivity contribution in [2.75, 3.05) is 10.0 Å². The Bertz CT molecular complexity index is 1190. The lowest BCUT2D eigenvalue weighted by Crippen LogP contribution is -2.35. The number of anilines is 2. The summed E-state index contributed by atoms with van der Waals surface area (Å²) in [4.78, 5) is 12.2. The third kappa shape index (κ3) is 6.37. The van der Waals surface area contributed by atoms with Crippen molar-refractivity contribution in [3.8, 4) is 0 Å². The molecule has 0 saturated heterocycles. The van der Waals surface area contributed by atoms with Crippen molar-refractivity contribution in [1.82, 2.24) is 5.32 Å². The molecule has 0 heterocycles. The van der Waals surface area contributed by atoms with E-state index in [9.17, 15) is 13.2 Å². The van der Waals surface area contributed by atoms with Crippen LogP contribution in [0.15, 0.2) is 77.7 Å². The number of benzene rings is 3. The van der Waals surface area contributed by atoms with Crippen LogP contribution in [0.25, 0.3) is 0 Å². The van der Waals surface area contributed by atoms with E-state index in [0.717, 1.165) is 16.7 Å². The van der Waals surface area contributed by atoms with E-state index < -0.39 is 10.0 Å². The highest BCUT2D eigenvalue weighted by atomic mass is 32.2. The number of thiocarbonyl (C=S) groups is 1. The van der Waals surface area contributed by atoms with Gasteiger partial charge in [0.2, 0.25) is 5.91 Å². The summed E-state index contributed by atoms with van der Waals surface area (Å²) in [6.07, 6.45) is 0.212. The van der Waals surface area contributed by atoms with Crippen molar-refractivity contribution in [2.24, 2.45) is 0 Å². The minimum atomic E-state index is -3.73. The van der Waals surface area contributed by atoms with Crippen LogP contribution in [0.5, 0.6) is 0 Å². The molecule has 0 spiro atoms. The van der Waals surface area contributed by atoms with Crippen LogP contribution in [-0.4, -0.2) is 19.4 Å². The molecule has 8 heteroatoms. The minimum absolute atomic E-state index is 0.122. The molecule has 31 heavy (non-hydrogen) atoms. The SMILES string of the molecule is Cc1ccc(NS(=O)(=O)c2ccc(NC(=S)NC(=O)Cc3ccccc3)cc2)c(C)c1. The van der Waals surface area contributed by atoms with Gasteiger partial charge in [-0.3, -0.25) is 9.52 Å². The van der Waals surface area contributed by atoms with Gasteiger partial charge in [0.05, 0.1) is 17.0 Å². The van der Waals surface area contributed by atoms with Crippen molar-refractivity contribution >= 4 is 44.6 Å². The molecular weight excluding hydrogens is 430 g/mol. The number of sulfonamides is 1. The third-order valence-corrected chi connectivity index (χ3v) is 6.09. The zero-order chi connectivity index (χ0) is 22.4. The lowest BCUT2D eigenvalue weighted by Gasteiger charge is -2.13. The highest BCUT2D eigenvalue weighted by Gasteiger charge is 2.15. The third-order valence-electron chi connectivity index (χ3n) is 4.51. The van der Waals surface area contributed by atoms with E-state index in [1.807, 2.05) is 56.3 Å². The molecule has 3 aromatic carbocycles. The Morgan fingerprint density at radius 3 is 2.26 bits per heavy atom. The second-order valence-electron chi connectivity index (χ2n) is 7.11. The number of aryl methyl sites for hydroxylation is 2. The lowest BCUT2D eigenvalue weighted by molar-refractivity contribution is -0.119. The van der Waals surface area contributed by atoms with Crippen LogP contribution in [0.2, 0.25) is 0 Å². The van der Waals surface area contributed by atoms with Crippen molar-refractivity contribution in [2.45, 2.75) is 25.2 Å². The molecular formula is C23H23N3O3S2. The number of nitrogens with one attached hydrogen (secondary N) is 3. The molecule has 6 nitrogen and oxygen atoms in total. The largest absolute Gasteiger partial charge is 0.332 e. The smallest absolute Gasteiger partial charge is 0.261 e. The van der Waals surface area contributed by atoms with Crippen molar-refractivity contribution in [3.05, 3.63) is 89.5 Å². The standard InChI is InChI=1S/C23H23N3O3S2/c1-16-8-13-21(17(2)14-16)26-31(28,29)20-11-9-19(10-12-20)24-23(30)25-22(27)15-18-6-4-3-5-7-18/h3-14,26H,15H2,1-2H3,(H2,24,25,27,30). The summed E-state index contributed by atoms with van der Waals surface area (Å²) in [5.74, 6) is -0.236. The number of carbonyl (C=O) groups excluding carboxylic acids is 1. The quantitative estimate of drug-likeness (QED) is 0.488. The van der Waals surface area contributed by atoms with Crippen LogP contribution < -0.4 is 15.4 Å². The molecule has 0 radical (unpaired) electrons. The van der Waals surface area contributed by atoms with Gasteiger partial charge in [-0.25, -0.2) is 8.42 Å². The van der Waals surface area contributed by atoms with Gasteiger partial charge in [0.15, 0.2) is 5.11 Å². The fourth-order valence-electron chi connectivity index (χ4n) is 2.96. The average molecular weight is 454 g/mol. The van der Waals surface area contributed by atoms with Gasteiger partial charge in [-0.2, -0.15) is 0 Å². The van der Waals surface area contributed by atoms with Gasteiger partial charge in [0, 0.05) is 5.69 Å². The van der Waals surface area contributed by atoms with Crippen molar-refractivity contribution in [3.63, 3.8) is 0 Å². The van der Waals surface area contributed by atoms with Crippen LogP contribution in [0.3, 0.4) is 0 Å². The van der Waals surface area contributed by atoms with E-state index in [-0.39, 0.29) is 22.3 Å². The molecule has 160 valence electrons. The zero-order valence-electron chi connectivity index (χ0n) is 17.2. The van der Waals surface area contributed by atoms with Gasteiger partial charge >= 0.3 is 0 Å². The maximum Gasteiger partial charge on any atom is 0.261 e. The molecule has 0 unspecified atom stereocenters. The maximum atomic E-state index is 12.7. The Hall–Kier alpha value is -3.23. The number of amides is 1. The van der Waals surface area contributed by atoms with Crippen LogP contribution in [0, 0.1) is 13.8 Å². The summed E-state index contributed by atoms with van der Waals surface area (Å²) in [5.41, 5.74) is 3.89. The fraction of sp³-hybridized carbons (Fsp3) is 0.130. The summed E-state index contributed by atoms with van der Waals surface area (Å²) < 4.78 is 28.0. The number of hydrogen-bond acceptors (Lipinski definition) is 4. The first-order valence-electron chi connectivity index (χ1n) is 9.58. The van der Waals surface area contributed by atoms with E-state index >= 15 is 0 Å². The Kier molecular flexibility index (Phi) is 7.04. The summed E-state index contributed by atoms with van der Waals surface area (Å²) in [6, 6.07) is 21.0. The number of rotatable bonds is 6. The summed E-state index contributed by atoms with van der Waals surface area (Å²) in [5, 5.41) is 5.65. The molecule has 1 amide bonds. The Balaban J connectivity index is 1.60. The summed E-state index contributed by atoms with van der Waals surface area (Å²) in [7, 11) is -3.73. The molecule has 0 aliphatic rings. The van der Waals surface area contributed by atoms with Gasteiger partial charge < -0.3 is 10.6 Å². The van der Waals surface area contributed by atoms with Gasteiger partial charge in [-0.1, -0.05) is 48.0 Å². The average Bonchev–Trinajstić information content (AvgIpc) is 2.71. The molecule has 0 aromatic heterocycles. The number of hydrogen-bond donors (Lipinski definition) is 3. The molecule has 0 fully saturated rings. The first kappa shape index (κ1) is 22.5. The Labute approximate surface area is 187 Å². The molecule has 0 aliphatic heterocycles. The van der Waals surface area contributed by atoms with Crippen molar-refractivity contribution < 1.29 is 13.2 Å². The summed E-state index contributed by atoms with van der Waals surface area (Å²) in [6.45, 7) is 3.80. The summed E-state index contributed by atoms with van der Waals surface area (Å²) >= 11 is 5.17. The Morgan fingerprint density at radius 2 is 1.61 bits per heavy atom. The first-order valence-corrected chi connectivity index (χ1v) is 11.5. The monoisotopic (exact) mass is 453 g/mol. The predicted octanol–water partition coefficient (Wildman–Crippen LogP) is 4.16. The molecule has 3 aromatic rings. The molecule has 0 atom stereocenters. The van der Waals surface area contributed by atoms with Crippen LogP contribution in [0.4, 0.5) is 11.4 Å². The van der Waals surface area contributed by atoms with E-state index in [1.54, 1.807) is 18.2 Å². The topological polar surface area (TPSA) is 87.3 Å². The zero-order valence-corrected chi connectivity index (χ0v) is 18.8. The van der Waals surface area contributed by atoms with Crippen molar-refractivity contribution in [1.29, 1.82) is 0 Å². The van der Waals surface area contributed by atoms with E-state index in [2.05, 4.69) is 15.4 Å². The highest BCUT2D eigenvalue weighted by Crippen LogP contribution is 2.21. The van der Waals surface area contributed by atoms with Crippen LogP contribution >= 0.6 is 12.2 Å².